The van der Waals surface area contributed by atoms with Crippen LogP contribution in [0.4, 0.5) is 11.4 Å². The summed E-state index contributed by atoms with van der Waals surface area (Å²) in [7, 11) is 0. The van der Waals surface area contributed by atoms with Crippen LogP contribution in [0, 0.1) is 10.1 Å². The molecular weight excluding hydrogens is 176 g/mol. The number of nitro groups is 1. The molecule has 0 saturated heterocycles. The number of nitrogens with two attached hydrogens (primary N) is 1. The number of carbonyl (C=O) groups is 1. The van der Waals surface area contributed by atoms with Crippen LogP contribution in [0.2, 0.25) is 0 Å². The van der Waals surface area contributed by atoms with Crippen molar-refractivity contribution in [3.63, 3.8) is 0 Å². The van der Waals surface area contributed by atoms with E-state index >= 15 is 0 Å². The molecule has 0 fully saturated rings. The molecule has 0 spiro atoms. The molecule has 0 aliphatic heterocycles. The molecule has 0 atom stereocenters. The van der Waals surface area contributed by atoms with Crippen LogP contribution >= 0.6 is 0 Å². The van der Waals surface area contributed by atoms with Gasteiger partial charge in [0.1, 0.15) is 5.69 Å². The Kier molecular flexibility index (Phi) is 2.14. The lowest BCUT2D eigenvalue weighted by molar-refractivity contribution is -0.384. The summed E-state index contributed by atoms with van der Waals surface area (Å²) in [6, 6.07) is 3.64. The monoisotopic (exact) mass is 181 g/mol. The first kappa shape index (κ1) is 8.98. The molecule has 0 aliphatic rings. The van der Waals surface area contributed by atoms with Gasteiger partial charge in [0.05, 0.1) is 16.5 Å². The molecule has 1 aromatic rings. The number of aromatic carboxylic acids is 1. The van der Waals surface area contributed by atoms with Crippen molar-refractivity contribution in [1.82, 2.24) is 0 Å². The Bertz CT molecular complexity index is 375. The lowest BCUT2D eigenvalue weighted by atomic mass is 10.1. The molecule has 6 nitrogen and oxygen atoms in total. The lowest BCUT2D eigenvalue weighted by Crippen LogP contribution is -2.23. The molecule has 0 aliphatic carbocycles. The number of anilines is 1. The predicted molar refractivity (Wildman–Crippen MR) is 41.8 cm³/mol. The SMILES string of the molecule is Nc1cccc(C(=O)[O-])c1[N+](=O)[O-]. The first-order chi connectivity index (χ1) is 6.04. The van der Waals surface area contributed by atoms with E-state index in [1.54, 1.807) is 0 Å². The summed E-state index contributed by atoms with van der Waals surface area (Å²) in [5.74, 6) is -1.61. The van der Waals surface area contributed by atoms with E-state index in [0.717, 1.165) is 6.07 Å². The molecule has 0 amide bonds. The molecule has 6 heteroatoms. The average molecular weight is 181 g/mol. The summed E-state index contributed by atoms with van der Waals surface area (Å²) in [6.45, 7) is 0. The van der Waals surface area contributed by atoms with Crippen LogP contribution in [0.25, 0.3) is 0 Å². The van der Waals surface area contributed by atoms with Crippen LogP contribution in [-0.4, -0.2) is 10.9 Å². The molecule has 1 rings (SSSR count). The fourth-order valence-corrected chi connectivity index (χ4v) is 0.930. The highest BCUT2D eigenvalue weighted by molar-refractivity contribution is 5.93. The van der Waals surface area contributed by atoms with Crippen molar-refractivity contribution in [3.8, 4) is 0 Å². The molecule has 0 radical (unpaired) electrons. The molecule has 13 heavy (non-hydrogen) atoms. The van der Waals surface area contributed by atoms with Crippen LogP contribution < -0.4 is 10.8 Å². The van der Waals surface area contributed by atoms with E-state index < -0.39 is 22.1 Å². The minimum atomic E-state index is -1.61. The third kappa shape index (κ3) is 1.56. The number of carbonyl (C=O) groups excluding carboxylic acids is 1. The predicted octanol–water partition coefficient (Wildman–Crippen LogP) is -0.460. The van der Waals surface area contributed by atoms with Crippen LogP contribution in [0.5, 0.6) is 0 Å². The van der Waals surface area contributed by atoms with Crippen molar-refractivity contribution in [3.05, 3.63) is 33.9 Å². The molecule has 0 aromatic heterocycles. The van der Waals surface area contributed by atoms with Gasteiger partial charge in [0, 0.05) is 0 Å². The van der Waals surface area contributed by atoms with Gasteiger partial charge in [0.2, 0.25) is 0 Å². The normalized spacial score (nSPS) is 9.54. The van der Waals surface area contributed by atoms with E-state index in [2.05, 4.69) is 0 Å². The van der Waals surface area contributed by atoms with Crippen molar-refractivity contribution < 1.29 is 14.8 Å². The Morgan fingerprint density at radius 3 is 2.46 bits per heavy atom. The zero-order chi connectivity index (χ0) is 10.0. The Morgan fingerprint density at radius 1 is 1.46 bits per heavy atom. The smallest absolute Gasteiger partial charge is 0.301 e. The Balaban J connectivity index is 3.43. The minimum absolute atomic E-state index is 0.188. The van der Waals surface area contributed by atoms with E-state index in [0.29, 0.717) is 0 Å². The number of nitrogens with zero attached hydrogens (tertiary/aromatic N) is 1. The Morgan fingerprint density at radius 2 is 2.08 bits per heavy atom. The first-order valence-corrected chi connectivity index (χ1v) is 3.28. The van der Waals surface area contributed by atoms with Gasteiger partial charge in [0.25, 0.3) is 0 Å². The van der Waals surface area contributed by atoms with E-state index in [1.165, 1.54) is 12.1 Å². The molecule has 2 N–H and O–H groups in total. The number of carboxylic acids is 1. The largest absolute Gasteiger partial charge is 0.545 e. The van der Waals surface area contributed by atoms with Crippen LogP contribution in [0.3, 0.4) is 0 Å². The van der Waals surface area contributed by atoms with Gasteiger partial charge >= 0.3 is 5.69 Å². The third-order valence-corrected chi connectivity index (χ3v) is 1.47. The Hall–Kier alpha value is -2.11. The van der Waals surface area contributed by atoms with Crippen LogP contribution in [0.15, 0.2) is 18.2 Å². The number of nitrogen functional groups attached to an aromatic ring is 1. The second-order valence-corrected chi connectivity index (χ2v) is 2.29. The number of carboxylic acid groups (broad SMARTS) is 1. The van der Waals surface area contributed by atoms with Crippen molar-refractivity contribution >= 4 is 17.3 Å². The van der Waals surface area contributed by atoms with Crippen LogP contribution in [0.1, 0.15) is 10.4 Å². The molecule has 1 aromatic carbocycles. The standard InChI is InChI=1S/C7H6N2O4/c8-5-3-1-2-4(7(10)11)6(5)9(12)13/h1-3H,8H2,(H,10,11)/p-1. The summed E-state index contributed by atoms with van der Waals surface area (Å²) in [5.41, 5.74) is 3.91. The van der Waals surface area contributed by atoms with Crippen LogP contribution in [-0.2, 0) is 0 Å². The second kappa shape index (κ2) is 3.10. The highest BCUT2D eigenvalue weighted by atomic mass is 16.6. The number of nitro benzene ring substituents is 1. The maximum absolute atomic E-state index is 10.4. The van der Waals surface area contributed by atoms with Crippen molar-refractivity contribution in [2.75, 3.05) is 5.73 Å². The Labute approximate surface area is 72.7 Å². The summed E-state index contributed by atoms with van der Waals surface area (Å²) < 4.78 is 0. The van der Waals surface area contributed by atoms with Gasteiger partial charge in [-0.1, -0.05) is 6.07 Å². The van der Waals surface area contributed by atoms with Crippen molar-refractivity contribution in [2.24, 2.45) is 0 Å². The molecule has 68 valence electrons. The summed E-state index contributed by atoms with van der Waals surface area (Å²) in [6.07, 6.45) is 0. The van der Waals surface area contributed by atoms with E-state index in [4.69, 9.17) is 5.73 Å². The number of benzene rings is 1. The zero-order valence-corrected chi connectivity index (χ0v) is 6.39. The number of rotatable bonds is 2. The fraction of sp³-hybridized carbons (Fsp3) is 0. The average Bonchev–Trinajstić information content (AvgIpc) is 2.02. The highest BCUT2D eigenvalue weighted by Gasteiger charge is 2.17. The van der Waals surface area contributed by atoms with Gasteiger partial charge in [-0.3, -0.25) is 10.1 Å². The molecular formula is C7H5N2O4-. The maximum Gasteiger partial charge on any atom is 0.301 e. The van der Waals surface area contributed by atoms with Gasteiger partial charge in [-0.05, 0) is 12.1 Å². The summed E-state index contributed by atoms with van der Waals surface area (Å²) in [4.78, 5) is 19.9. The molecule has 0 heterocycles. The maximum atomic E-state index is 10.4. The number of hydrogen-bond acceptors (Lipinski definition) is 5. The first-order valence-electron chi connectivity index (χ1n) is 3.28. The minimum Gasteiger partial charge on any atom is -0.545 e. The highest BCUT2D eigenvalue weighted by Crippen LogP contribution is 2.24. The van der Waals surface area contributed by atoms with Gasteiger partial charge in [0.15, 0.2) is 0 Å². The van der Waals surface area contributed by atoms with E-state index in [-0.39, 0.29) is 5.69 Å². The van der Waals surface area contributed by atoms with Gasteiger partial charge < -0.3 is 15.6 Å². The second-order valence-electron chi connectivity index (χ2n) is 2.29. The molecule has 0 saturated carbocycles. The zero-order valence-electron chi connectivity index (χ0n) is 6.39. The third-order valence-electron chi connectivity index (χ3n) is 1.47. The number of hydrogen-bond donors (Lipinski definition) is 1. The molecule has 0 bridgehead atoms. The summed E-state index contributed by atoms with van der Waals surface area (Å²) >= 11 is 0. The van der Waals surface area contributed by atoms with Gasteiger partial charge in [-0.25, -0.2) is 0 Å². The van der Waals surface area contributed by atoms with Crippen molar-refractivity contribution in [1.29, 1.82) is 0 Å². The number of para-hydroxylation sites is 1. The fourth-order valence-electron chi connectivity index (χ4n) is 0.930. The van der Waals surface area contributed by atoms with Gasteiger partial charge in [-0.2, -0.15) is 0 Å². The quantitative estimate of drug-likeness (QED) is 0.377. The topological polar surface area (TPSA) is 109 Å². The van der Waals surface area contributed by atoms with E-state index in [9.17, 15) is 20.0 Å². The van der Waals surface area contributed by atoms with Crippen molar-refractivity contribution in [2.45, 2.75) is 0 Å². The summed E-state index contributed by atoms with van der Waals surface area (Å²) in [5, 5.41) is 20.8. The van der Waals surface area contributed by atoms with E-state index in [1.807, 2.05) is 0 Å². The molecule has 0 unspecified atom stereocenters. The lowest BCUT2D eigenvalue weighted by Gasteiger charge is -2.04. The van der Waals surface area contributed by atoms with Gasteiger partial charge in [-0.15, -0.1) is 0 Å².